The van der Waals surface area contributed by atoms with Gasteiger partial charge in [0.1, 0.15) is 17.5 Å². The highest BCUT2D eigenvalue weighted by molar-refractivity contribution is 5.73. The highest BCUT2D eigenvalue weighted by Gasteiger charge is 2.38. The van der Waals surface area contributed by atoms with Crippen molar-refractivity contribution in [1.82, 2.24) is 5.32 Å². The van der Waals surface area contributed by atoms with E-state index in [0.717, 1.165) is 13.0 Å². The number of rotatable bonds is 2. The first-order valence-corrected chi connectivity index (χ1v) is 6.73. The zero-order chi connectivity index (χ0) is 17.7. The van der Waals surface area contributed by atoms with Gasteiger partial charge in [-0.2, -0.15) is 13.2 Å². The molecule has 1 aromatic carbocycles. The van der Waals surface area contributed by atoms with Crippen LogP contribution in [0.4, 0.5) is 17.6 Å². The quantitative estimate of drug-likeness (QED) is 0.615. The number of β-amino-alcohol motifs (C(OH)–C–C–N with tert-alkyl or cyclic N) is 1. The third-order valence-electron chi connectivity index (χ3n) is 3.33. The van der Waals surface area contributed by atoms with E-state index in [9.17, 15) is 27.8 Å². The Morgan fingerprint density at radius 2 is 1.78 bits per heavy atom. The van der Waals surface area contributed by atoms with E-state index in [1.54, 1.807) is 0 Å². The van der Waals surface area contributed by atoms with E-state index in [2.05, 4.69) is 5.32 Å². The molecular formula is C14H17F4NO4. The van der Waals surface area contributed by atoms with Crippen LogP contribution in [0.1, 0.15) is 24.5 Å². The van der Waals surface area contributed by atoms with Gasteiger partial charge in [0.25, 0.3) is 0 Å². The number of aliphatic hydroxyl groups is 2. The van der Waals surface area contributed by atoms with Crippen LogP contribution >= 0.6 is 0 Å². The average molecular weight is 339 g/mol. The summed E-state index contributed by atoms with van der Waals surface area (Å²) in [6, 6.07) is 5.59. The van der Waals surface area contributed by atoms with E-state index < -0.39 is 23.9 Å². The van der Waals surface area contributed by atoms with E-state index in [1.165, 1.54) is 24.3 Å². The van der Waals surface area contributed by atoms with Crippen LogP contribution in [0.5, 0.6) is 0 Å². The Kier molecular flexibility index (Phi) is 6.48. The first kappa shape index (κ1) is 19.3. The molecule has 1 heterocycles. The molecule has 9 heteroatoms. The molecule has 5 nitrogen and oxygen atoms in total. The minimum absolute atomic E-state index is 0.343. The van der Waals surface area contributed by atoms with Gasteiger partial charge in [0.2, 0.25) is 0 Å². The normalized spacial score (nSPS) is 22.7. The van der Waals surface area contributed by atoms with Crippen LogP contribution in [-0.2, 0) is 4.79 Å². The molecule has 23 heavy (non-hydrogen) atoms. The fourth-order valence-electron chi connectivity index (χ4n) is 2.10. The second-order valence-electron chi connectivity index (χ2n) is 5.14. The van der Waals surface area contributed by atoms with E-state index in [0.29, 0.717) is 18.5 Å². The van der Waals surface area contributed by atoms with E-state index in [-0.39, 0.29) is 5.82 Å². The van der Waals surface area contributed by atoms with Gasteiger partial charge in [-0.25, -0.2) is 9.18 Å². The molecule has 0 bridgehead atoms. The van der Waals surface area contributed by atoms with Gasteiger partial charge in [-0.1, -0.05) is 12.1 Å². The van der Waals surface area contributed by atoms with Crippen molar-refractivity contribution in [1.29, 1.82) is 0 Å². The van der Waals surface area contributed by atoms with Gasteiger partial charge in [0, 0.05) is 6.54 Å². The molecule has 2 unspecified atom stereocenters. The molecule has 0 spiro atoms. The summed E-state index contributed by atoms with van der Waals surface area (Å²) in [5, 5.41) is 30.5. The molecule has 0 radical (unpaired) electrons. The Labute approximate surface area is 129 Å². The Morgan fingerprint density at radius 3 is 2.17 bits per heavy atom. The van der Waals surface area contributed by atoms with Gasteiger partial charge in [-0.05, 0) is 37.1 Å². The minimum Gasteiger partial charge on any atom is -0.475 e. The zero-order valence-corrected chi connectivity index (χ0v) is 12.0. The number of carbonyl (C=O) groups is 1. The molecule has 0 amide bonds. The first-order chi connectivity index (χ1) is 10.6. The number of carboxylic acid groups (broad SMARTS) is 1. The van der Waals surface area contributed by atoms with E-state index in [1.807, 2.05) is 0 Å². The summed E-state index contributed by atoms with van der Waals surface area (Å²) in [6.45, 7) is 1.23. The molecule has 0 saturated carbocycles. The van der Waals surface area contributed by atoms with Crippen LogP contribution in [0.2, 0.25) is 0 Å². The van der Waals surface area contributed by atoms with Crippen LogP contribution in [0.25, 0.3) is 0 Å². The Hall–Kier alpha value is -1.71. The molecule has 4 N–H and O–H groups in total. The van der Waals surface area contributed by atoms with Gasteiger partial charge in [0.05, 0.1) is 0 Å². The maximum atomic E-state index is 12.7. The molecule has 0 aromatic heterocycles. The average Bonchev–Trinajstić information content (AvgIpc) is 2.48. The van der Waals surface area contributed by atoms with Crippen LogP contribution in [0.3, 0.4) is 0 Å². The second-order valence-corrected chi connectivity index (χ2v) is 5.14. The maximum absolute atomic E-state index is 12.7. The van der Waals surface area contributed by atoms with Crippen molar-refractivity contribution in [3.05, 3.63) is 35.6 Å². The monoisotopic (exact) mass is 339 g/mol. The Balaban J connectivity index is 0.000000322. The first-order valence-electron chi connectivity index (χ1n) is 6.73. The number of nitrogens with one attached hydrogen (secondary N) is 1. The van der Waals surface area contributed by atoms with Crippen LogP contribution < -0.4 is 5.32 Å². The lowest BCUT2D eigenvalue weighted by Crippen LogP contribution is -2.49. The third-order valence-corrected chi connectivity index (χ3v) is 3.33. The van der Waals surface area contributed by atoms with Crippen molar-refractivity contribution in [3.8, 4) is 0 Å². The number of benzene rings is 1. The molecule has 130 valence electrons. The van der Waals surface area contributed by atoms with Gasteiger partial charge in [0.15, 0.2) is 0 Å². The van der Waals surface area contributed by atoms with Gasteiger partial charge >= 0.3 is 12.1 Å². The number of hydrogen-bond donors (Lipinski definition) is 4. The fourth-order valence-corrected chi connectivity index (χ4v) is 2.10. The molecule has 2 rings (SSSR count). The number of aliphatic hydroxyl groups excluding tert-OH is 1. The van der Waals surface area contributed by atoms with Crippen LogP contribution in [0.15, 0.2) is 24.3 Å². The summed E-state index contributed by atoms with van der Waals surface area (Å²) in [4.78, 5) is 8.90. The molecular weight excluding hydrogens is 322 g/mol. The second kappa shape index (κ2) is 7.71. The Morgan fingerprint density at radius 1 is 1.26 bits per heavy atom. The standard InChI is InChI=1S/C12H16FNO2.C2HF3O2/c13-10-4-2-9(3-5-10)11(15)12(16)6-1-7-14-8-12;3-2(4,5)1(6)7/h2-5,11,14-16H,1,6-8H2;(H,6,7). The lowest BCUT2D eigenvalue weighted by atomic mass is 9.85. The maximum Gasteiger partial charge on any atom is 0.490 e. The minimum atomic E-state index is -5.08. The number of hydrogen-bond acceptors (Lipinski definition) is 4. The van der Waals surface area contributed by atoms with Crippen molar-refractivity contribution >= 4 is 5.97 Å². The molecule has 1 fully saturated rings. The van der Waals surface area contributed by atoms with Crippen LogP contribution in [0, 0.1) is 5.82 Å². The SMILES string of the molecule is O=C(O)C(F)(F)F.OC(c1ccc(F)cc1)C1(O)CCCNC1. The molecule has 1 aliphatic heterocycles. The number of alkyl halides is 3. The predicted molar refractivity (Wildman–Crippen MR) is 72.1 cm³/mol. The number of aliphatic carboxylic acids is 1. The van der Waals surface area contributed by atoms with Gasteiger partial charge in [-0.3, -0.25) is 0 Å². The smallest absolute Gasteiger partial charge is 0.475 e. The van der Waals surface area contributed by atoms with Crippen LogP contribution in [-0.4, -0.2) is 46.2 Å². The van der Waals surface area contributed by atoms with E-state index in [4.69, 9.17) is 9.90 Å². The lowest BCUT2D eigenvalue weighted by Gasteiger charge is -2.36. The Bertz CT molecular complexity index is 513. The number of halogens is 4. The van der Waals surface area contributed by atoms with Crippen molar-refractivity contribution in [2.75, 3.05) is 13.1 Å². The van der Waals surface area contributed by atoms with Gasteiger partial charge < -0.3 is 20.6 Å². The topological polar surface area (TPSA) is 89.8 Å². The predicted octanol–water partition coefficient (Wildman–Crippen LogP) is 1.61. The summed E-state index contributed by atoms with van der Waals surface area (Å²) in [6.07, 6.45) is -4.67. The summed E-state index contributed by atoms with van der Waals surface area (Å²) in [7, 11) is 0. The lowest BCUT2D eigenvalue weighted by molar-refractivity contribution is -0.192. The molecule has 1 aliphatic rings. The summed E-state index contributed by atoms with van der Waals surface area (Å²) in [5.41, 5.74) is -0.594. The highest BCUT2D eigenvalue weighted by atomic mass is 19.4. The zero-order valence-electron chi connectivity index (χ0n) is 12.0. The molecule has 1 saturated heterocycles. The fraction of sp³-hybridized carbons (Fsp3) is 0.500. The number of carboxylic acids is 1. The third kappa shape index (κ3) is 5.77. The molecule has 1 aromatic rings. The van der Waals surface area contributed by atoms with Crippen molar-refractivity contribution in [3.63, 3.8) is 0 Å². The van der Waals surface area contributed by atoms with Gasteiger partial charge in [-0.15, -0.1) is 0 Å². The highest BCUT2D eigenvalue weighted by Crippen LogP contribution is 2.31. The van der Waals surface area contributed by atoms with Crippen molar-refractivity contribution < 1.29 is 37.7 Å². The number of piperidine rings is 1. The molecule has 0 aliphatic carbocycles. The van der Waals surface area contributed by atoms with E-state index >= 15 is 0 Å². The van der Waals surface area contributed by atoms with Crippen molar-refractivity contribution in [2.45, 2.75) is 30.7 Å². The summed E-state index contributed by atoms with van der Waals surface area (Å²) < 4.78 is 44.5. The largest absolute Gasteiger partial charge is 0.490 e. The molecule has 2 atom stereocenters. The summed E-state index contributed by atoms with van der Waals surface area (Å²) in [5.74, 6) is -3.10. The summed E-state index contributed by atoms with van der Waals surface area (Å²) >= 11 is 0. The van der Waals surface area contributed by atoms with Crippen molar-refractivity contribution in [2.24, 2.45) is 0 Å².